The van der Waals surface area contributed by atoms with Gasteiger partial charge in [-0.15, -0.1) is 0 Å². The third-order valence-corrected chi connectivity index (χ3v) is 5.94. The number of hydrogen-bond acceptors (Lipinski definition) is 6. The summed E-state index contributed by atoms with van der Waals surface area (Å²) in [7, 11) is 1.47. The fourth-order valence-corrected chi connectivity index (χ4v) is 4.09. The molecule has 1 aliphatic heterocycles. The Kier molecular flexibility index (Phi) is 6.60. The number of ether oxygens (including phenoxy) is 2. The molecule has 0 spiro atoms. The van der Waals surface area contributed by atoms with E-state index in [2.05, 4.69) is 0 Å². The zero-order valence-electron chi connectivity index (χ0n) is 18.1. The third-order valence-electron chi connectivity index (χ3n) is 5.03. The molecule has 0 aliphatic carbocycles. The lowest BCUT2D eigenvalue weighted by Gasteiger charge is -2.12. The van der Waals surface area contributed by atoms with Gasteiger partial charge in [0.1, 0.15) is 0 Å². The lowest BCUT2D eigenvalue weighted by Crippen LogP contribution is -2.27. The molecule has 166 valence electrons. The number of esters is 1. The number of carbonyl (C=O) groups is 3. The first-order valence-corrected chi connectivity index (χ1v) is 11.0. The largest absolute Gasteiger partial charge is 0.493 e. The quantitative estimate of drug-likeness (QED) is 0.277. The van der Waals surface area contributed by atoms with Gasteiger partial charge >= 0.3 is 5.97 Å². The minimum atomic E-state index is -0.501. The summed E-state index contributed by atoms with van der Waals surface area (Å²) < 4.78 is 10.8. The monoisotopic (exact) mass is 459 g/mol. The number of aryl methyl sites for hydroxylation is 1. The Morgan fingerprint density at radius 1 is 0.970 bits per heavy atom. The van der Waals surface area contributed by atoms with Crippen LogP contribution in [-0.4, -0.2) is 29.1 Å². The summed E-state index contributed by atoms with van der Waals surface area (Å²) in [5.74, 6) is -0.245. The van der Waals surface area contributed by atoms with Gasteiger partial charge in [0.15, 0.2) is 11.5 Å². The molecular formula is C26H21NO5S. The minimum absolute atomic E-state index is 0.222. The van der Waals surface area contributed by atoms with E-state index in [-0.39, 0.29) is 23.4 Å². The molecule has 1 saturated heterocycles. The molecule has 1 heterocycles. The number of hydrogen-bond donors (Lipinski definition) is 0. The highest BCUT2D eigenvalue weighted by atomic mass is 32.2. The molecule has 0 N–H and O–H groups in total. The molecule has 0 unspecified atom stereocenters. The molecule has 1 fully saturated rings. The smallest absolute Gasteiger partial charge is 0.343 e. The lowest BCUT2D eigenvalue weighted by atomic mass is 10.1. The van der Waals surface area contributed by atoms with Crippen LogP contribution in [0.4, 0.5) is 4.79 Å². The number of methoxy groups -OCH3 is 1. The molecule has 0 radical (unpaired) electrons. The van der Waals surface area contributed by atoms with E-state index in [9.17, 15) is 14.4 Å². The van der Waals surface area contributed by atoms with Crippen molar-refractivity contribution < 1.29 is 23.9 Å². The average molecular weight is 460 g/mol. The van der Waals surface area contributed by atoms with Crippen LogP contribution in [0.2, 0.25) is 0 Å². The molecule has 6 nitrogen and oxygen atoms in total. The molecule has 7 heteroatoms. The first-order valence-electron chi connectivity index (χ1n) is 10.2. The Morgan fingerprint density at radius 2 is 1.70 bits per heavy atom. The summed E-state index contributed by atoms with van der Waals surface area (Å²) in [6, 6.07) is 21.3. The van der Waals surface area contributed by atoms with Gasteiger partial charge in [-0.05, 0) is 60.2 Å². The summed E-state index contributed by atoms with van der Waals surface area (Å²) in [5.41, 5.74) is 3.06. The number of benzene rings is 3. The number of carbonyl (C=O) groups excluding carboxylic acids is 3. The predicted molar refractivity (Wildman–Crippen MR) is 127 cm³/mol. The number of rotatable bonds is 6. The van der Waals surface area contributed by atoms with E-state index < -0.39 is 5.97 Å². The Balaban J connectivity index is 1.51. The maximum absolute atomic E-state index is 12.8. The topological polar surface area (TPSA) is 72.9 Å². The second-order valence-corrected chi connectivity index (χ2v) is 8.41. The normalized spacial score (nSPS) is 14.6. The van der Waals surface area contributed by atoms with Crippen molar-refractivity contribution in [1.29, 1.82) is 0 Å². The zero-order valence-corrected chi connectivity index (χ0v) is 18.9. The second-order valence-electron chi connectivity index (χ2n) is 7.42. The van der Waals surface area contributed by atoms with E-state index in [0.717, 1.165) is 22.9 Å². The fraction of sp³-hybridized carbons (Fsp3) is 0.115. The summed E-state index contributed by atoms with van der Waals surface area (Å²) >= 11 is 0.897. The molecule has 33 heavy (non-hydrogen) atoms. The third kappa shape index (κ3) is 5.15. The SMILES string of the molecule is COc1cc(/C=C2\SC(=O)N(Cc3ccc(C)cc3)C2=O)ccc1OC(=O)c1ccccc1. The molecule has 4 rings (SSSR count). The van der Waals surface area contributed by atoms with Crippen LogP contribution in [0.15, 0.2) is 77.7 Å². The molecule has 1 aliphatic rings. The van der Waals surface area contributed by atoms with Crippen LogP contribution in [0.3, 0.4) is 0 Å². The van der Waals surface area contributed by atoms with Crippen LogP contribution in [0.25, 0.3) is 6.08 Å². The van der Waals surface area contributed by atoms with Crippen molar-refractivity contribution >= 4 is 35.0 Å². The number of nitrogens with zero attached hydrogens (tertiary/aromatic N) is 1. The van der Waals surface area contributed by atoms with Gasteiger partial charge < -0.3 is 9.47 Å². The van der Waals surface area contributed by atoms with Gasteiger partial charge in [0.25, 0.3) is 11.1 Å². The average Bonchev–Trinajstić information content (AvgIpc) is 3.09. The molecular weight excluding hydrogens is 438 g/mol. The van der Waals surface area contributed by atoms with Crippen molar-refractivity contribution in [2.75, 3.05) is 7.11 Å². The van der Waals surface area contributed by atoms with Crippen LogP contribution in [0, 0.1) is 6.92 Å². The van der Waals surface area contributed by atoms with Crippen LogP contribution in [0.1, 0.15) is 27.0 Å². The van der Waals surface area contributed by atoms with Gasteiger partial charge in [-0.25, -0.2) is 4.79 Å². The summed E-state index contributed by atoms with van der Waals surface area (Å²) in [4.78, 5) is 39.2. The lowest BCUT2D eigenvalue weighted by molar-refractivity contribution is -0.123. The standard InChI is InChI=1S/C26H21NO5S/c1-17-8-10-18(11-9-17)16-27-24(28)23(33-26(27)30)15-19-12-13-21(22(14-19)31-2)32-25(29)20-6-4-3-5-7-20/h3-15H,16H2,1-2H3/b23-15-. The Hall–Kier alpha value is -3.84. The van der Waals surface area contributed by atoms with E-state index in [4.69, 9.17) is 9.47 Å². The van der Waals surface area contributed by atoms with Crippen molar-refractivity contribution in [3.63, 3.8) is 0 Å². The van der Waals surface area contributed by atoms with Crippen molar-refractivity contribution in [3.8, 4) is 11.5 Å². The number of imide groups is 1. The molecule has 0 bridgehead atoms. The summed E-state index contributed by atoms with van der Waals surface area (Å²) in [6.07, 6.45) is 1.63. The van der Waals surface area contributed by atoms with E-state index in [1.54, 1.807) is 48.5 Å². The highest BCUT2D eigenvalue weighted by molar-refractivity contribution is 8.18. The molecule has 3 aromatic rings. The highest BCUT2D eigenvalue weighted by Crippen LogP contribution is 2.35. The molecule has 3 aromatic carbocycles. The Bertz CT molecular complexity index is 1240. The molecule has 2 amide bonds. The predicted octanol–water partition coefficient (Wildman–Crippen LogP) is 5.46. The van der Waals surface area contributed by atoms with Crippen LogP contribution >= 0.6 is 11.8 Å². The van der Waals surface area contributed by atoms with Gasteiger partial charge in [0, 0.05) is 0 Å². The van der Waals surface area contributed by atoms with E-state index in [1.165, 1.54) is 12.0 Å². The summed E-state index contributed by atoms with van der Waals surface area (Å²) in [6.45, 7) is 2.20. The van der Waals surface area contributed by atoms with Gasteiger partial charge in [-0.2, -0.15) is 0 Å². The van der Waals surface area contributed by atoms with Crippen LogP contribution in [-0.2, 0) is 11.3 Å². The number of amides is 2. The van der Waals surface area contributed by atoms with Crippen molar-refractivity contribution in [2.24, 2.45) is 0 Å². The maximum Gasteiger partial charge on any atom is 0.343 e. The first-order chi connectivity index (χ1) is 15.9. The first kappa shape index (κ1) is 22.4. The van der Waals surface area contributed by atoms with Crippen molar-refractivity contribution in [2.45, 2.75) is 13.5 Å². The van der Waals surface area contributed by atoms with Gasteiger partial charge in [0.2, 0.25) is 0 Å². The van der Waals surface area contributed by atoms with Crippen molar-refractivity contribution in [1.82, 2.24) is 4.90 Å². The van der Waals surface area contributed by atoms with Crippen LogP contribution < -0.4 is 9.47 Å². The molecule has 0 saturated carbocycles. The maximum atomic E-state index is 12.8. The highest BCUT2D eigenvalue weighted by Gasteiger charge is 2.35. The van der Waals surface area contributed by atoms with Crippen molar-refractivity contribution in [3.05, 3.63) is 100.0 Å². The Labute approximate surface area is 195 Å². The molecule has 0 aromatic heterocycles. The Morgan fingerprint density at radius 3 is 2.39 bits per heavy atom. The van der Waals surface area contributed by atoms with E-state index in [1.807, 2.05) is 37.3 Å². The van der Waals surface area contributed by atoms with E-state index >= 15 is 0 Å². The fourth-order valence-electron chi connectivity index (χ4n) is 3.26. The summed E-state index contributed by atoms with van der Waals surface area (Å²) in [5, 5.41) is -0.313. The number of thioether (sulfide) groups is 1. The second kappa shape index (κ2) is 9.75. The zero-order chi connectivity index (χ0) is 23.4. The minimum Gasteiger partial charge on any atom is -0.493 e. The van der Waals surface area contributed by atoms with Gasteiger partial charge in [0.05, 0.1) is 24.1 Å². The van der Waals surface area contributed by atoms with E-state index in [0.29, 0.717) is 21.8 Å². The molecule has 0 atom stereocenters. The van der Waals surface area contributed by atoms with Gasteiger partial charge in [-0.3, -0.25) is 14.5 Å². The van der Waals surface area contributed by atoms with Gasteiger partial charge in [-0.1, -0.05) is 54.1 Å². The van der Waals surface area contributed by atoms with Crippen LogP contribution in [0.5, 0.6) is 11.5 Å².